The van der Waals surface area contributed by atoms with Crippen molar-refractivity contribution in [3.05, 3.63) is 28.8 Å². The smallest absolute Gasteiger partial charge is 0.122 e. The Morgan fingerprint density at radius 3 is 2.53 bits per heavy atom. The lowest BCUT2D eigenvalue weighted by Crippen LogP contribution is -2.20. The summed E-state index contributed by atoms with van der Waals surface area (Å²) >= 11 is 4.24. The van der Waals surface area contributed by atoms with Crippen molar-refractivity contribution in [2.24, 2.45) is 0 Å². The van der Waals surface area contributed by atoms with Crippen molar-refractivity contribution in [2.75, 3.05) is 26.5 Å². The van der Waals surface area contributed by atoms with Crippen molar-refractivity contribution in [3.63, 3.8) is 0 Å². The number of nitrogens with zero attached hydrogens (tertiary/aromatic N) is 1. The largest absolute Gasteiger partial charge is 0.496 e. The van der Waals surface area contributed by atoms with Crippen LogP contribution in [0.5, 0.6) is 5.75 Å². The van der Waals surface area contributed by atoms with Crippen LogP contribution in [-0.4, -0.2) is 31.4 Å². The molecule has 1 aromatic rings. The average molecular weight is 253 g/mol. The van der Waals surface area contributed by atoms with Crippen LogP contribution in [0, 0.1) is 13.8 Å². The minimum Gasteiger partial charge on any atom is -0.496 e. The summed E-state index contributed by atoms with van der Waals surface area (Å²) in [6.07, 6.45) is 1.13. The highest BCUT2D eigenvalue weighted by molar-refractivity contribution is 7.80. The van der Waals surface area contributed by atoms with Gasteiger partial charge in [-0.15, -0.1) is 0 Å². The van der Waals surface area contributed by atoms with E-state index in [1.54, 1.807) is 7.11 Å². The van der Waals surface area contributed by atoms with Gasteiger partial charge in [-0.2, -0.15) is 12.6 Å². The lowest BCUT2D eigenvalue weighted by molar-refractivity contribution is 0.327. The van der Waals surface area contributed by atoms with E-state index in [0.717, 1.165) is 31.0 Å². The third kappa shape index (κ3) is 3.93. The van der Waals surface area contributed by atoms with Gasteiger partial charge >= 0.3 is 0 Å². The second kappa shape index (κ2) is 6.92. The highest BCUT2D eigenvalue weighted by Gasteiger charge is 2.08. The normalized spacial score (nSPS) is 10.9. The first-order chi connectivity index (χ1) is 8.10. The molecular formula is C14H23NOS. The number of benzene rings is 1. The second-order valence-corrected chi connectivity index (χ2v) is 4.94. The molecule has 96 valence electrons. The highest BCUT2D eigenvalue weighted by Crippen LogP contribution is 2.24. The first-order valence-electron chi connectivity index (χ1n) is 6.02. The van der Waals surface area contributed by atoms with E-state index in [4.69, 9.17) is 4.74 Å². The van der Waals surface area contributed by atoms with Crippen LogP contribution in [0.25, 0.3) is 0 Å². The molecular weight excluding hydrogens is 230 g/mol. The van der Waals surface area contributed by atoms with Crippen LogP contribution >= 0.6 is 12.6 Å². The standard InChI is InChI=1S/C14H23NOS/c1-11-12(2)14(16-4)7-6-13(11)10-15(3)8-5-9-17/h6-7,17H,5,8-10H2,1-4H3. The Kier molecular flexibility index (Phi) is 5.86. The van der Waals surface area contributed by atoms with E-state index in [9.17, 15) is 0 Å². The van der Waals surface area contributed by atoms with Gasteiger partial charge in [-0.05, 0) is 62.4 Å². The van der Waals surface area contributed by atoms with Gasteiger partial charge in [0.05, 0.1) is 7.11 Å². The Bertz CT molecular complexity index is 365. The van der Waals surface area contributed by atoms with E-state index in [-0.39, 0.29) is 0 Å². The maximum absolute atomic E-state index is 5.33. The molecule has 1 aromatic carbocycles. The Morgan fingerprint density at radius 2 is 1.94 bits per heavy atom. The maximum Gasteiger partial charge on any atom is 0.122 e. The molecule has 17 heavy (non-hydrogen) atoms. The van der Waals surface area contributed by atoms with Crippen LogP contribution in [0.4, 0.5) is 0 Å². The van der Waals surface area contributed by atoms with E-state index >= 15 is 0 Å². The molecule has 3 heteroatoms. The molecule has 0 fully saturated rings. The Balaban J connectivity index is 2.75. The van der Waals surface area contributed by atoms with E-state index in [0.29, 0.717) is 0 Å². The molecule has 0 saturated heterocycles. The molecule has 0 spiro atoms. The van der Waals surface area contributed by atoms with Gasteiger partial charge in [0.1, 0.15) is 5.75 Å². The minimum absolute atomic E-state index is 0.949. The number of rotatable bonds is 6. The Morgan fingerprint density at radius 1 is 1.24 bits per heavy atom. The quantitative estimate of drug-likeness (QED) is 0.782. The van der Waals surface area contributed by atoms with Gasteiger partial charge in [-0.3, -0.25) is 0 Å². The average Bonchev–Trinajstić information content (AvgIpc) is 2.33. The van der Waals surface area contributed by atoms with Crippen molar-refractivity contribution in [1.29, 1.82) is 0 Å². The van der Waals surface area contributed by atoms with Gasteiger partial charge in [0.15, 0.2) is 0 Å². The first kappa shape index (κ1) is 14.4. The highest BCUT2D eigenvalue weighted by atomic mass is 32.1. The predicted molar refractivity (Wildman–Crippen MR) is 77.3 cm³/mol. The fourth-order valence-electron chi connectivity index (χ4n) is 1.95. The number of hydrogen-bond acceptors (Lipinski definition) is 3. The molecule has 0 unspecified atom stereocenters. The van der Waals surface area contributed by atoms with Crippen molar-refractivity contribution < 1.29 is 4.74 Å². The summed E-state index contributed by atoms with van der Waals surface area (Å²) < 4.78 is 5.33. The minimum atomic E-state index is 0.949. The van der Waals surface area contributed by atoms with Crippen LogP contribution in [0.1, 0.15) is 23.1 Å². The fourth-order valence-corrected chi connectivity index (χ4v) is 2.10. The van der Waals surface area contributed by atoms with Crippen LogP contribution in [-0.2, 0) is 6.54 Å². The summed E-state index contributed by atoms with van der Waals surface area (Å²) in [7, 11) is 3.88. The topological polar surface area (TPSA) is 12.5 Å². The molecule has 0 N–H and O–H groups in total. The molecule has 0 aliphatic heterocycles. The Labute approximate surface area is 110 Å². The van der Waals surface area contributed by atoms with Gasteiger partial charge < -0.3 is 9.64 Å². The third-order valence-electron chi connectivity index (χ3n) is 3.21. The Hall–Kier alpha value is -0.670. The van der Waals surface area contributed by atoms with E-state index in [1.807, 2.05) is 0 Å². The second-order valence-electron chi connectivity index (χ2n) is 4.49. The number of thiol groups is 1. The molecule has 0 radical (unpaired) electrons. The molecule has 1 rings (SSSR count). The lowest BCUT2D eigenvalue weighted by Gasteiger charge is -2.19. The van der Waals surface area contributed by atoms with Crippen LogP contribution in [0.15, 0.2) is 12.1 Å². The summed E-state index contributed by atoms with van der Waals surface area (Å²) in [4.78, 5) is 2.34. The molecule has 0 amide bonds. The molecule has 0 aliphatic carbocycles. The van der Waals surface area contributed by atoms with Gasteiger partial charge in [0, 0.05) is 6.54 Å². The molecule has 0 heterocycles. The molecule has 0 aliphatic rings. The van der Waals surface area contributed by atoms with Gasteiger partial charge in [-0.1, -0.05) is 6.07 Å². The number of ether oxygens (including phenoxy) is 1. The summed E-state index contributed by atoms with van der Waals surface area (Å²) in [5.74, 6) is 1.93. The molecule has 2 nitrogen and oxygen atoms in total. The fraction of sp³-hybridized carbons (Fsp3) is 0.571. The van der Waals surface area contributed by atoms with E-state index < -0.39 is 0 Å². The van der Waals surface area contributed by atoms with Crippen LogP contribution in [0.3, 0.4) is 0 Å². The number of methoxy groups -OCH3 is 1. The van der Waals surface area contributed by atoms with E-state index in [2.05, 4.69) is 50.6 Å². The van der Waals surface area contributed by atoms with Crippen LogP contribution < -0.4 is 4.74 Å². The zero-order valence-electron chi connectivity index (χ0n) is 11.3. The molecule has 0 bridgehead atoms. The van der Waals surface area contributed by atoms with Gasteiger partial charge in [0.25, 0.3) is 0 Å². The monoisotopic (exact) mass is 253 g/mol. The van der Waals surface area contributed by atoms with Crippen molar-refractivity contribution >= 4 is 12.6 Å². The molecule has 0 aromatic heterocycles. The zero-order valence-corrected chi connectivity index (χ0v) is 12.2. The summed E-state index contributed by atoms with van der Waals surface area (Å²) in [5, 5.41) is 0. The van der Waals surface area contributed by atoms with E-state index in [1.165, 1.54) is 16.7 Å². The van der Waals surface area contributed by atoms with Crippen molar-refractivity contribution in [2.45, 2.75) is 26.8 Å². The lowest BCUT2D eigenvalue weighted by atomic mass is 10.0. The predicted octanol–water partition coefficient (Wildman–Crippen LogP) is 3.06. The first-order valence-corrected chi connectivity index (χ1v) is 6.65. The number of hydrogen-bond donors (Lipinski definition) is 1. The third-order valence-corrected chi connectivity index (χ3v) is 3.52. The zero-order chi connectivity index (χ0) is 12.8. The van der Waals surface area contributed by atoms with Gasteiger partial charge in [-0.25, -0.2) is 0 Å². The molecule has 0 saturated carbocycles. The van der Waals surface area contributed by atoms with Crippen molar-refractivity contribution in [3.8, 4) is 5.75 Å². The van der Waals surface area contributed by atoms with Crippen LogP contribution in [0.2, 0.25) is 0 Å². The van der Waals surface area contributed by atoms with Crippen molar-refractivity contribution in [1.82, 2.24) is 4.90 Å². The molecule has 0 atom stereocenters. The maximum atomic E-state index is 5.33. The van der Waals surface area contributed by atoms with Gasteiger partial charge in [0.2, 0.25) is 0 Å². The summed E-state index contributed by atoms with van der Waals surface area (Å²) in [5.41, 5.74) is 3.96. The summed E-state index contributed by atoms with van der Waals surface area (Å²) in [6, 6.07) is 4.22. The summed E-state index contributed by atoms with van der Waals surface area (Å²) in [6.45, 7) is 6.36. The SMILES string of the molecule is COc1ccc(CN(C)CCCS)c(C)c1C.